The highest BCUT2D eigenvalue weighted by molar-refractivity contribution is 6.63. The molecule has 10 heteroatoms. The molecule has 0 fully saturated rings. The smallest absolute Gasteiger partial charge is 0.407 e. The first-order chi connectivity index (χ1) is 14.3. The van der Waals surface area contributed by atoms with E-state index in [4.69, 9.17) is 30.5 Å². The predicted octanol–water partition coefficient (Wildman–Crippen LogP) is 1.43. The minimum absolute atomic E-state index is 0.00957. The number of rotatable bonds is 14. The second-order valence-electron chi connectivity index (χ2n) is 6.74. The van der Waals surface area contributed by atoms with Gasteiger partial charge in [-0.25, -0.2) is 4.79 Å². The predicted molar refractivity (Wildman–Crippen MR) is 108 cm³/mol. The molecule has 1 unspecified atom stereocenters. The molecule has 0 saturated heterocycles. The van der Waals surface area contributed by atoms with Crippen molar-refractivity contribution in [3.05, 3.63) is 35.4 Å². The summed E-state index contributed by atoms with van der Waals surface area (Å²) in [6.07, 6.45) is -0.614. The highest BCUT2D eigenvalue weighted by Crippen LogP contribution is 2.18. The normalized spacial score (nSPS) is 12.7. The van der Waals surface area contributed by atoms with Crippen LogP contribution in [0, 0.1) is 5.41 Å². The maximum atomic E-state index is 12.2. The van der Waals surface area contributed by atoms with Gasteiger partial charge in [-0.15, -0.1) is 0 Å². The number of hydrogen-bond donors (Lipinski definition) is 2. The van der Waals surface area contributed by atoms with E-state index in [9.17, 15) is 19.5 Å². The molecule has 30 heavy (non-hydrogen) atoms. The lowest BCUT2D eigenvalue weighted by molar-refractivity contribution is -0.161. The van der Waals surface area contributed by atoms with Crippen molar-refractivity contribution in [3.8, 4) is 0 Å². The van der Waals surface area contributed by atoms with Gasteiger partial charge in [0.15, 0.2) is 0 Å². The van der Waals surface area contributed by atoms with Crippen molar-refractivity contribution >= 4 is 28.9 Å². The third-order valence-corrected chi connectivity index (χ3v) is 4.19. The average Bonchev–Trinajstić information content (AvgIpc) is 2.73. The van der Waals surface area contributed by atoms with E-state index in [-0.39, 0.29) is 32.8 Å². The van der Waals surface area contributed by atoms with Gasteiger partial charge in [-0.2, -0.15) is 0 Å². The number of esters is 1. The van der Waals surface area contributed by atoms with Crippen molar-refractivity contribution in [1.82, 2.24) is 5.32 Å². The number of aliphatic hydroxyl groups is 1. The van der Waals surface area contributed by atoms with Crippen LogP contribution in [0.4, 0.5) is 4.79 Å². The minimum Gasteiger partial charge on any atom is -0.463 e. The van der Waals surface area contributed by atoms with E-state index in [1.165, 1.54) is 6.92 Å². The molecule has 1 amide bonds. The fourth-order valence-electron chi connectivity index (χ4n) is 2.17. The topological polar surface area (TPSA) is 120 Å². The fourth-order valence-corrected chi connectivity index (χ4v) is 2.32. The summed E-state index contributed by atoms with van der Waals surface area (Å²) in [6.45, 7) is 1.73. The van der Waals surface area contributed by atoms with Gasteiger partial charge < -0.3 is 29.4 Å². The molecule has 9 nitrogen and oxygen atoms in total. The van der Waals surface area contributed by atoms with Crippen LogP contribution >= 0.6 is 11.6 Å². The lowest BCUT2D eigenvalue weighted by Crippen LogP contribution is -2.40. The second kappa shape index (κ2) is 13.9. The summed E-state index contributed by atoms with van der Waals surface area (Å²) in [6, 6.07) is 6.97. The average molecular weight is 446 g/mol. The number of methoxy groups -OCH3 is 1. The van der Waals surface area contributed by atoms with Gasteiger partial charge in [-0.3, -0.25) is 9.59 Å². The van der Waals surface area contributed by atoms with Crippen LogP contribution in [0.1, 0.15) is 18.1 Å². The summed E-state index contributed by atoms with van der Waals surface area (Å²) in [7, 11) is 1.55. The molecule has 1 rings (SSSR count). The van der Waals surface area contributed by atoms with Gasteiger partial charge >= 0.3 is 12.1 Å². The number of alkyl carbamates (subject to hydrolysis) is 1. The van der Waals surface area contributed by atoms with E-state index >= 15 is 0 Å². The molecular formula is C20H28ClNO8. The third kappa shape index (κ3) is 10.0. The van der Waals surface area contributed by atoms with E-state index in [0.717, 1.165) is 11.1 Å². The Bertz CT molecular complexity index is 682. The number of carbonyl (C=O) groups is 3. The van der Waals surface area contributed by atoms with Crippen molar-refractivity contribution in [2.45, 2.75) is 19.9 Å². The molecule has 0 aliphatic carbocycles. The van der Waals surface area contributed by atoms with Gasteiger partial charge in [0, 0.05) is 20.1 Å². The highest BCUT2D eigenvalue weighted by atomic mass is 35.5. The summed E-state index contributed by atoms with van der Waals surface area (Å²) in [5, 5.41) is 11.6. The Hall–Kier alpha value is -2.20. The number of nitrogens with one attached hydrogen (secondary N) is 1. The van der Waals surface area contributed by atoms with Crippen molar-refractivity contribution in [2.75, 3.05) is 46.8 Å². The van der Waals surface area contributed by atoms with Gasteiger partial charge in [0.05, 0.1) is 26.4 Å². The van der Waals surface area contributed by atoms with E-state index in [2.05, 4.69) is 5.32 Å². The number of benzene rings is 1. The van der Waals surface area contributed by atoms with E-state index in [1.54, 1.807) is 31.4 Å². The summed E-state index contributed by atoms with van der Waals surface area (Å²) in [5.41, 5.74) is 0.165. The number of carbonyl (C=O) groups excluding carboxylic acids is 3. The second-order valence-corrected chi connectivity index (χ2v) is 7.16. The van der Waals surface area contributed by atoms with Crippen molar-refractivity contribution in [3.63, 3.8) is 0 Å². The zero-order chi connectivity index (χ0) is 22.4. The molecule has 0 aliphatic rings. The highest BCUT2D eigenvalue weighted by Gasteiger charge is 2.36. The van der Waals surface area contributed by atoms with Crippen LogP contribution in [0.2, 0.25) is 0 Å². The maximum absolute atomic E-state index is 12.2. The Morgan fingerprint density at radius 1 is 1.03 bits per heavy atom. The van der Waals surface area contributed by atoms with Crippen LogP contribution in [0.25, 0.3) is 0 Å². The summed E-state index contributed by atoms with van der Waals surface area (Å²) in [5.74, 6) is -0.697. The first-order valence-corrected chi connectivity index (χ1v) is 9.70. The maximum Gasteiger partial charge on any atom is 0.407 e. The molecule has 0 spiro atoms. The SMILES string of the molecule is COCCOCCOC(=O)C(C)(CO)COC(=O)NCc1ccc(CC(=O)Cl)cc1. The molecule has 1 atom stereocenters. The van der Waals surface area contributed by atoms with Crippen molar-refractivity contribution in [2.24, 2.45) is 5.41 Å². The lowest BCUT2D eigenvalue weighted by atomic mass is 9.93. The van der Waals surface area contributed by atoms with Gasteiger partial charge in [-0.1, -0.05) is 24.3 Å². The fraction of sp³-hybridized carbons (Fsp3) is 0.550. The third-order valence-electron chi connectivity index (χ3n) is 4.06. The van der Waals surface area contributed by atoms with E-state index < -0.39 is 29.3 Å². The molecule has 0 aromatic heterocycles. The van der Waals surface area contributed by atoms with E-state index in [1.807, 2.05) is 0 Å². The standard InChI is InChI=1S/C20H28ClNO8/c1-20(13-23,18(25)29-10-9-28-8-7-27-2)14-30-19(26)22-12-16-5-3-15(4-6-16)11-17(21)24/h3-6,23H,7-14H2,1-2H3,(H,22,26). The number of amides is 1. The molecule has 0 radical (unpaired) electrons. The summed E-state index contributed by atoms with van der Waals surface area (Å²) < 4.78 is 20.1. The molecule has 1 aromatic carbocycles. The number of aliphatic hydroxyl groups excluding tert-OH is 1. The van der Waals surface area contributed by atoms with Crippen molar-refractivity contribution in [1.29, 1.82) is 0 Å². The first-order valence-electron chi connectivity index (χ1n) is 9.32. The molecule has 0 saturated carbocycles. The molecule has 0 aliphatic heterocycles. The van der Waals surface area contributed by atoms with Crippen LogP contribution in [0.3, 0.4) is 0 Å². The number of ether oxygens (including phenoxy) is 4. The monoisotopic (exact) mass is 445 g/mol. The molecule has 2 N–H and O–H groups in total. The van der Waals surface area contributed by atoms with Crippen molar-refractivity contribution < 1.29 is 38.4 Å². The molecule has 0 heterocycles. The van der Waals surface area contributed by atoms with Gasteiger partial charge in [0.2, 0.25) is 5.24 Å². The molecule has 168 valence electrons. The molecule has 0 bridgehead atoms. The minimum atomic E-state index is -1.39. The van der Waals surface area contributed by atoms with E-state index in [0.29, 0.717) is 13.2 Å². The largest absolute Gasteiger partial charge is 0.463 e. The Morgan fingerprint density at radius 2 is 1.67 bits per heavy atom. The van der Waals surface area contributed by atoms with Crippen LogP contribution < -0.4 is 5.32 Å². The lowest BCUT2D eigenvalue weighted by Gasteiger charge is -2.24. The Morgan fingerprint density at radius 3 is 2.27 bits per heavy atom. The van der Waals surface area contributed by atoms with Crippen LogP contribution in [0.15, 0.2) is 24.3 Å². The van der Waals surface area contributed by atoms with Crippen LogP contribution in [0.5, 0.6) is 0 Å². The van der Waals surface area contributed by atoms with Gasteiger partial charge in [0.1, 0.15) is 18.6 Å². The van der Waals surface area contributed by atoms with Crippen LogP contribution in [-0.2, 0) is 41.5 Å². The van der Waals surface area contributed by atoms with Gasteiger partial charge in [-0.05, 0) is 29.7 Å². The Balaban J connectivity index is 2.37. The quantitative estimate of drug-likeness (QED) is 0.250. The summed E-state index contributed by atoms with van der Waals surface area (Å²) in [4.78, 5) is 35.0. The Kier molecular flexibility index (Phi) is 12.0. The first kappa shape index (κ1) is 25.8. The molecule has 1 aromatic rings. The summed E-state index contributed by atoms with van der Waals surface area (Å²) >= 11 is 5.34. The zero-order valence-electron chi connectivity index (χ0n) is 17.1. The van der Waals surface area contributed by atoms with Crippen LogP contribution in [-0.4, -0.2) is 69.2 Å². The zero-order valence-corrected chi connectivity index (χ0v) is 17.9. The number of halogens is 1. The van der Waals surface area contributed by atoms with Gasteiger partial charge in [0.25, 0.3) is 0 Å². The Labute approximate surface area is 180 Å². The molecular weight excluding hydrogens is 418 g/mol. The number of hydrogen-bond acceptors (Lipinski definition) is 8.